The summed E-state index contributed by atoms with van der Waals surface area (Å²) in [4.78, 5) is 0. The summed E-state index contributed by atoms with van der Waals surface area (Å²) in [5, 5.41) is 0. The van der Waals surface area contributed by atoms with E-state index >= 15 is 0 Å². The van der Waals surface area contributed by atoms with Crippen molar-refractivity contribution in [1.29, 1.82) is 0 Å². The molecule has 0 radical (unpaired) electrons. The maximum Gasteiger partial charge on any atom is -0.0279 e. The van der Waals surface area contributed by atoms with Gasteiger partial charge in [-0.15, -0.1) is 0 Å². The third-order valence-electron chi connectivity index (χ3n) is 2.44. The van der Waals surface area contributed by atoms with Gasteiger partial charge >= 0.3 is 0 Å². The van der Waals surface area contributed by atoms with Gasteiger partial charge in [-0.2, -0.15) is 0 Å². The molecule has 1 aliphatic carbocycles. The van der Waals surface area contributed by atoms with Crippen LogP contribution in [0.3, 0.4) is 0 Å². The lowest BCUT2D eigenvalue weighted by Crippen LogP contribution is -1.99. The minimum atomic E-state index is 0.702. The van der Waals surface area contributed by atoms with Gasteiger partial charge in [0.05, 0.1) is 0 Å². The highest BCUT2D eigenvalue weighted by Gasteiger charge is 2.10. The molecule has 0 spiro atoms. The molecule has 0 amide bonds. The molecule has 0 heterocycles. The Kier molecular flexibility index (Phi) is 3.58. The molecule has 1 aliphatic rings. The lowest BCUT2D eigenvalue weighted by molar-refractivity contribution is 0.667. The van der Waals surface area contributed by atoms with Gasteiger partial charge in [-0.25, -0.2) is 0 Å². The molecule has 1 rings (SSSR count). The van der Waals surface area contributed by atoms with E-state index in [1.165, 1.54) is 25.7 Å². The van der Waals surface area contributed by atoms with Crippen LogP contribution in [0.2, 0.25) is 0 Å². The van der Waals surface area contributed by atoms with Crippen LogP contribution in [0.5, 0.6) is 0 Å². The Morgan fingerprint density at radius 3 is 2.17 bits per heavy atom. The molecule has 12 heavy (non-hydrogen) atoms. The van der Waals surface area contributed by atoms with Crippen molar-refractivity contribution in [3.63, 3.8) is 0 Å². The van der Waals surface area contributed by atoms with Gasteiger partial charge < -0.3 is 0 Å². The zero-order valence-corrected chi connectivity index (χ0v) is 8.56. The van der Waals surface area contributed by atoms with Gasteiger partial charge in [0, 0.05) is 0 Å². The Hall–Kier alpha value is -0.520. The van der Waals surface area contributed by atoms with Gasteiger partial charge in [0.15, 0.2) is 0 Å². The molecule has 0 saturated heterocycles. The van der Waals surface area contributed by atoms with E-state index in [1.807, 2.05) is 0 Å². The molecule has 68 valence electrons. The first kappa shape index (κ1) is 9.57. The fourth-order valence-corrected chi connectivity index (χ4v) is 1.87. The van der Waals surface area contributed by atoms with Gasteiger partial charge in [0.2, 0.25) is 0 Å². The van der Waals surface area contributed by atoms with Crippen molar-refractivity contribution in [3.05, 3.63) is 23.3 Å². The molecule has 0 heteroatoms. The fraction of sp³-hybridized carbons (Fsp3) is 0.667. The van der Waals surface area contributed by atoms with E-state index < -0.39 is 0 Å². The summed E-state index contributed by atoms with van der Waals surface area (Å²) in [6.45, 7) is 6.68. The van der Waals surface area contributed by atoms with E-state index in [-0.39, 0.29) is 0 Å². The topological polar surface area (TPSA) is 0 Å². The van der Waals surface area contributed by atoms with Crippen molar-refractivity contribution in [1.82, 2.24) is 0 Å². The second-order valence-electron chi connectivity index (χ2n) is 3.96. The smallest absolute Gasteiger partial charge is 0.0279 e. The SMILES string of the molecule is C/C=C1/CCCC/C1=C/C(C)C. The highest BCUT2D eigenvalue weighted by Crippen LogP contribution is 2.29. The molecule has 0 aromatic rings. The summed E-state index contributed by atoms with van der Waals surface area (Å²) >= 11 is 0. The van der Waals surface area contributed by atoms with E-state index in [1.54, 1.807) is 11.1 Å². The summed E-state index contributed by atoms with van der Waals surface area (Å²) in [6, 6.07) is 0. The molecule has 0 aromatic carbocycles. The average molecular weight is 164 g/mol. The van der Waals surface area contributed by atoms with Crippen LogP contribution >= 0.6 is 0 Å². The van der Waals surface area contributed by atoms with Gasteiger partial charge in [-0.05, 0) is 49.7 Å². The van der Waals surface area contributed by atoms with Crippen molar-refractivity contribution in [2.24, 2.45) is 5.92 Å². The van der Waals surface area contributed by atoms with Crippen LogP contribution in [-0.2, 0) is 0 Å². The minimum absolute atomic E-state index is 0.702. The standard InChI is InChI=1S/C12H20/c1-4-11-7-5-6-8-12(11)9-10(2)3/h4,9-10H,5-8H2,1-3H3/b11-4-,12-9-. The van der Waals surface area contributed by atoms with E-state index in [0.717, 1.165) is 0 Å². The third-order valence-corrected chi connectivity index (χ3v) is 2.44. The molecule has 1 saturated carbocycles. The summed E-state index contributed by atoms with van der Waals surface area (Å²) in [5.74, 6) is 0.702. The van der Waals surface area contributed by atoms with E-state index in [9.17, 15) is 0 Å². The summed E-state index contributed by atoms with van der Waals surface area (Å²) < 4.78 is 0. The van der Waals surface area contributed by atoms with Crippen molar-refractivity contribution < 1.29 is 0 Å². The third kappa shape index (κ3) is 2.51. The van der Waals surface area contributed by atoms with E-state index in [4.69, 9.17) is 0 Å². The highest BCUT2D eigenvalue weighted by molar-refractivity contribution is 5.32. The van der Waals surface area contributed by atoms with Crippen molar-refractivity contribution in [3.8, 4) is 0 Å². The maximum absolute atomic E-state index is 2.43. The van der Waals surface area contributed by atoms with Crippen LogP contribution in [0.25, 0.3) is 0 Å². The maximum atomic E-state index is 2.43. The fourth-order valence-electron chi connectivity index (χ4n) is 1.87. The predicted octanol–water partition coefficient (Wildman–Crippen LogP) is 4.09. The summed E-state index contributed by atoms with van der Waals surface area (Å²) in [7, 11) is 0. The number of allylic oxidation sites excluding steroid dienone is 4. The van der Waals surface area contributed by atoms with Gasteiger partial charge in [0.25, 0.3) is 0 Å². The highest BCUT2D eigenvalue weighted by atomic mass is 14.2. The quantitative estimate of drug-likeness (QED) is 0.547. The molecule has 0 nitrogen and oxygen atoms in total. The molecule has 0 aromatic heterocycles. The van der Waals surface area contributed by atoms with Crippen LogP contribution in [-0.4, -0.2) is 0 Å². The molecule has 0 atom stereocenters. The number of hydrogen-bond acceptors (Lipinski definition) is 0. The zero-order chi connectivity index (χ0) is 8.97. The van der Waals surface area contributed by atoms with Crippen LogP contribution in [0.15, 0.2) is 23.3 Å². The lowest BCUT2D eigenvalue weighted by atomic mass is 9.88. The Morgan fingerprint density at radius 2 is 1.67 bits per heavy atom. The second kappa shape index (κ2) is 4.49. The molecular weight excluding hydrogens is 144 g/mol. The van der Waals surface area contributed by atoms with Crippen LogP contribution in [0.4, 0.5) is 0 Å². The lowest BCUT2D eigenvalue weighted by Gasteiger charge is -2.18. The molecule has 1 fully saturated rings. The first-order chi connectivity index (χ1) is 5.74. The first-order valence-corrected chi connectivity index (χ1v) is 5.10. The van der Waals surface area contributed by atoms with Crippen molar-refractivity contribution in [2.45, 2.75) is 46.5 Å². The second-order valence-corrected chi connectivity index (χ2v) is 3.96. The Morgan fingerprint density at radius 1 is 1.08 bits per heavy atom. The molecule has 0 aliphatic heterocycles. The van der Waals surface area contributed by atoms with Crippen molar-refractivity contribution in [2.75, 3.05) is 0 Å². The Bertz CT molecular complexity index is 194. The monoisotopic (exact) mass is 164 g/mol. The molecule has 0 bridgehead atoms. The van der Waals surface area contributed by atoms with Crippen LogP contribution in [0.1, 0.15) is 46.5 Å². The largest absolute Gasteiger partial charge is 0.0842 e. The van der Waals surface area contributed by atoms with Gasteiger partial charge in [-0.1, -0.05) is 26.0 Å². The number of hydrogen-bond donors (Lipinski definition) is 0. The van der Waals surface area contributed by atoms with Crippen LogP contribution in [0, 0.1) is 5.92 Å². The van der Waals surface area contributed by atoms with Gasteiger partial charge in [0.1, 0.15) is 0 Å². The molecule has 0 unspecified atom stereocenters. The Labute approximate surface area is 76.4 Å². The minimum Gasteiger partial charge on any atom is -0.0842 e. The normalized spacial score (nSPS) is 25.7. The van der Waals surface area contributed by atoms with E-state index in [2.05, 4.69) is 32.9 Å². The molecule has 0 N–H and O–H groups in total. The molecular formula is C12H20. The first-order valence-electron chi connectivity index (χ1n) is 5.10. The van der Waals surface area contributed by atoms with Gasteiger partial charge in [-0.3, -0.25) is 0 Å². The van der Waals surface area contributed by atoms with E-state index in [0.29, 0.717) is 5.92 Å². The average Bonchev–Trinajstić information content (AvgIpc) is 2.04. The summed E-state index contributed by atoms with van der Waals surface area (Å²) in [6.07, 6.45) is 10.1. The van der Waals surface area contributed by atoms with Crippen molar-refractivity contribution >= 4 is 0 Å². The zero-order valence-electron chi connectivity index (χ0n) is 8.56. The predicted molar refractivity (Wildman–Crippen MR) is 55.1 cm³/mol. The Balaban J connectivity index is 2.72. The van der Waals surface area contributed by atoms with Crippen LogP contribution < -0.4 is 0 Å². The number of rotatable bonds is 1. The summed E-state index contributed by atoms with van der Waals surface area (Å²) in [5.41, 5.74) is 3.20.